The van der Waals surface area contributed by atoms with Crippen molar-refractivity contribution in [2.75, 3.05) is 16.8 Å². The van der Waals surface area contributed by atoms with Gasteiger partial charge in [-0.2, -0.15) is 5.26 Å². The molecule has 1 atom stereocenters. The van der Waals surface area contributed by atoms with Gasteiger partial charge in [-0.15, -0.1) is 0 Å². The maximum absolute atomic E-state index is 12.9. The highest BCUT2D eigenvalue weighted by molar-refractivity contribution is 6.04. The summed E-state index contributed by atoms with van der Waals surface area (Å²) in [5.41, 5.74) is 4.25. The van der Waals surface area contributed by atoms with E-state index in [0.717, 1.165) is 29.7 Å². The number of benzene rings is 2. The van der Waals surface area contributed by atoms with Gasteiger partial charge in [-0.25, -0.2) is 0 Å². The Bertz CT molecular complexity index is 892. The zero-order valence-corrected chi connectivity index (χ0v) is 15.7. The number of rotatable bonds is 5. The maximum Gasteiger partial charge on any atom is 0.229 e. The Hall–Kier alpha value is -3.13. The van der Waals surface area contributed by atoms with Gasteiger partial charge in [-0.05, 0) is 42.2 Å². The Kier molecular flexibility index (Phi) is 5.56. The van der Waals surface area contributed by atoms with Gasteiger partial charge in [-0.1, -0.05) is 38.1 Å². The lowest BCUT2D eigenvalue weighted by atomic mass is 10.0. The Morgan fingerprint density at radius 1 is 1.19 bits per heavy atom. The van der Waals surface area contributed by atoms with Gasteiger partial charge in [0.05, 0.1) is 17.6 Å². The third kappa shape index (κ3) is 3.85. The summed E-state index contributed by atoms with van der Waals surface area (Å²) in [6.07, 6.45) is 1.85. The van der Waals surface area contributed by atoms with Crippen LogP contribution in [0.1, 0.15) is 37.0 Å². The summed E-state index contributed by atoms with van der Waals surface area (Å²) in [5, 5.41) is 12.1. The topological polar surface area (TPSA) is 73.2 Å². The summed E-state index contributed by atoms with van der Waals surface area (Å²) in [6.45, 7) is 4.45. The second kappa shape index (κ2) is 8.05. The van der Waals surface area contributed by atoms with Crippen LogP contribution in [0.3, 0.4) is 0 Å². The number of nitrogens with zero attached hydrogens (tertiary/aromatic N) is 2. The molecule has 1 heterocycles. The first-order valence-electron chi connectivity index (χ1n) is 9.29. The number of para-hydroxylation sites is 1. The second-order valence-corrected chi connectivity index (χ2v) is 6.72. The molecule has 2 aromatic carbocycles. The number of anilines is 2. The zero-order chi connectivity index (χ0) is 19.4. The minimum absolute atomic E-state index is 0.0928. The molecule has 0 bridgehead atoms. The number of carbonyl (C=O) groups excluding carboxylic acids is 2. The SMILES string of the molecule is CCc1cccc(CC)c1NC(=O)C1CC(=O)N(c2cccc(C#N)c2)C1. The van der Waals surface area contributed by atoms with Crippen LogP contribution in [-0.4, -0.2) is 18.4 Å². The summed E-state index contributed by atoms with van der Waals surface area (Å²) >= 11 is 0. The molecular weight excluding hydrogens is 338 g/mol. The van der Waals surface area contributed by atoms with E-state index in [2.05, 4.69) is 25.2 Å². The van der Waals surface area contributed by atoms with Crippen LogP contribution in [0.2, 0.25) is 0 Å². The zero-order valence-electron chi connectivity index (χ0n) is 15.7. The van der Waals surface area contributed by atoms with Gasteiger partial charge >= 0.3 is 0 Å². The molecule has 138 valence electrons. The number of nitriles is 1. The second-order valence-electron chi connectivity index (χ2n) is 6.72. The van der Waals surface area contributed by atoms with Crippen LogP contribution in [-0.2, 0) is 22.4 Å². The summed E-state index contributed by atoms with van der Waals surface area (Å²) in [5.74, 6) is -0.625. The van der Waals surface area contributed by atoms with E-state index in [1.165, 1.54) is 0 Å². The fraction of sp³-hybridized carbons (Fsp3) is 0.318. The predicted molar refractivity (Wildman–Crippen MR) is 105 cm³/mol. The lowest BCUT2D eigenvalue weighted by molar-refractivity contribution is -0.122. The van der Waals surface area contributed by atoms with Crippen LogP contribution in [0.4, 0.5) is 11.4 Å². The third-order valence-corrected chi connectivity index (χ3v) is 5.03. The average Bonchev–Trinajstić information content (AvgIpc) is 3.10. The molecule has 0 saturated carbocycles. The summed E-state index contributed by atoms with van der Waals surface area (Å²) in [7, 11) is 0. The van der Waals surface area contributed by atoms with Gasteiger partial charge in [0.2, 0.25) is 11.8 Å². The summed E-state index contributed by atoms with van der Waals surface area (Å²) in [6, 6.07) is 15.1. The third-order valence-electron chi connectivity index (χ3n) is 5.03. The van der Waals surface area contributed by atoms with E-state index < -0.39 is 5.92 Å². The van der Waals surface area contributed by atoms with Gasteiger partial charge in [0.15, 0.2) is 0 Å². The molecule has 1 N–H and O–H groups in total. The summed E-state index contributed by atoms with van der Waals surface area (Å²) < 4.78 is 0. The van der Waals surface area contributed by atoms with Crippen molar-refractivity contribution in [2.45, 2.75) is 33.1 Å². The molecule has 1 aliphatic rings. The van der Waals surface area contributed by atoms with Crippen LogP contribution >= 0.6 is 0 Å². The van der Waals surface area contributed by atoms with Crippen molar-refractivity contribution < 1.29 is 9.59 Å². The Labute approximate surface area is 159 Å². The monoisotopic (exact) mass is 361 g/mol. The number of nitrogens with one attached hydrogen (secondary N) is 1. The minimum Gasteiger partial charge on any atom is -0.325 e. The number of hydrogen-bond donors (Lipinski definition) is 1. The first-order valence-corrected chi connectivity index (χ1v) is 9.29. The molecule has 0 radical (unpaired) electrons. The van der Waals surface area contributed by atoms with Crippen LogP contribution in [0.15, 0.2) is 42.5 Å². The van der Waals surface area contributed by atoms with Crippen molar-refractivity contribution in [3.8, 4) is 6.07 Å². The Morgan fingerprint density at radius 3 is 2.48 bits per heavy atom. The van der Waals surface area contributed by atoms with Crippen LogP contribution in [0, 0.1) is 17.2 Å². The van der Waals surface area contributed by atoms with Gasteiger partial charge in [0.1, 0.15) is 0 Å². The van der Waals surface area contributed by atoms with Crippen molar-refractivity contribution in [1.82, 2.24) is 0 Å². The quantitative estimate of drug-likeness (QED) is 0.883. The first-order chi connectivity index (χ1) is 13.1. The highest BCUT2D eigenvalue weighted by Crippen LogP contribution is 2.28. The van der Waals surface area contributed by atoms with E-state index in [0.29, 0.717) is 17.8 Å². The van der Waals surface area contributed by atoms with E-state index >= 15 is 0 Å². The fourth-order valence-electron chi connectivity index (χ4n) is 3.50. The average molecular weight is 361 g/mol. The molecule has 1 saturated heterocycles. The van der Waals surface area contributed by atoms with Crippen molar-refractivity contribution in [3.05, 3.63) is 59.2 Å². The molecule has 3 rings (SSSR count). The number of amides is 2. The number of aryl methyl sites for hydroxylation is 2. The lowest BCUT2D eigenvalue weighted by Crippen LogP contribution is -2.28. The Balaban J connectivity index is 1.78. The largest absolute Gasteiger partial charge is 0.325 e. The van der Waals surface area contributed by atoms with Crippen molar-refractivity contribution >= 4 is 23.2 Å². The van der Waals surface area contributed by atoms with E-state index in [9.17, 15) is 9.59 Å². The predicted octanol–water partition coefficient (Wildman–Crippen LogP) is 3.67. The molecule has 1 aliphatic heterocycles. The standard InChI is InChI=1S/C22H23N3O2/c1-3-16-8-6-9-17(4-2)21(16)24-22(27)18-12-20(26)25(14-18)19-10-5-7-15(11-19)13-23/h5-11,18H,3-4,12,14H2,1-2H3,(H,24,27). The van der Waals surface area contributed by atoms with E-state index in [-0.39, 0.29) is 18.2 Å². The van der Waals surface area contributed by atoms with Crippen LogP contribution in [0.5, 0.6) is 0 Å². The molecule has 0 aliphatic carbocycles. The molecule has 27 heavy (non-hydrogen) atoms. The number of hydrogen-bond acceptors (Lipinski definition) is 3. The smallest absolute Gasteiger partial charge is 0.229 e. The van der Waals surface area contributed by atoms with Gasteiger partial charge < -0.3 is 10.2 Å². The molecule has 5 nitrogen and oxygen atoms in total. The van der Waals surface area contributed by atoms with Gasteiger partial charge in [0, 0.05) is 24.3 Å². The van der Waals surface area contributed by atoms with Gasteiger partial charge in [0.25, 0.3) is 0 Å². The minimum atomic E-state index is -0.405. The molecular formula is C22H23N3O2. The highest BCUT2D eigenvalue weighted by atomic mass is 16.2. The van der Waals surface area contributed by atoms with Crippen LogP contribution < -0.4 is 10.2 Å². The van der Waals surface area contributed by atoms with E-state index in [4.69, 9.17) is 5.26 Å². The summed E-state index contributed by atoms with van der Waals surface area (Å²) in [4.78, 5) is 26.9. The first kappa shape index (κ1) is 18.7. The molecule has 2 aromatic rings. The molecule has 0 spiro atoms. The van der Waals surface area contributed by atoms with Crippen LogP contribution in [0.25, 0.3) is 0 Å². The molecule has 1 unspecified atom stereocenters. The fourth-order valence-corrected chi connectivity index (χ4v) is 3.50. The molecule has 2 amide bonds. The van der Waals surface area contributed by atoms with Crippen molar-refractivity contribution in [1.29, 1.82) is 5.26 Å². The van der Waals surface area contributed by atoms with Gasteiger partial charge in [-0.3, -0.25) is 9.59 Å². The van der Waals surface area contributed by atoms with E-state index in [1.54, 1.807) is 29.2 Å². The maximum atomic E-state index is 12.9. The van der Waals surface area contributed by atoms with Crippen molar-refractivity contribution in [3.63, 3.8) is 0 Å². The molecule has 5 heteroatoms. The highest BCUT2D eigenvalue weighted by Gasteiger charge is 2.35. The van der Waals surface area contributed by atoms with Crippen molar-refractivity contribution in [2.24, 2.45) is 5.92 Å². The van der Waals surface area contributed by atoms with E-state index in [1.807, 2.05) is 18.2 Å². The normalized spacial score (nSPS) is 16.3. The lowest BCUT2D eigenvalue weighted by Gasteiger charge is -2.18. The molecule has 1 fully saturated rings. The molecule has 0 aromatic heterocycles. The number of carbonyl (C=O) groups is 2. The Morgan fingerprint density at radius 2 is 1.85 bits per heavy atom.